The summed E-state index contributed by atoms with van der Waals surface area (Å²) in [6, 6.07) is 12.2. The Morgan fingerprint density at radius 2 is 2.02 bits per heavy atom. The largest absolute Gasteiger partial charge is 0.497 e. The summed E-state index contributed by atoms with van der Waals surface area (Å²) in [5, 5.41) is 18.7. The molecule has 40 heavy (non-hydrogen) atoms. The summed E-state index contributed by atoms with van der Waals surface area (Å²) in [7, 11) is 3.19. The highest BCUT2D eigenvalue weighted by Gasteiger charge is 2.28. The predicted octanol–water partition coefficient (Wildman–Crippen LogP) is 3.34. The van der Waals surface area contributed by atoms with Crippen LogP contribution in [0.5, 0.6) is 11.5 Å². The number of nitrogens with zero attached hydrogens (tertiary/aromatic N) is 3. The third-order valence-corrected chi connectivity index (χ3v) is 6.65. The number of aliphatic imine (C=N–C) groups is 1. The van der Waals surface area contributed by atoms with E-state index in [0.29, 0.717) is 43.1 Å². The summed E-state index contributed by atoms with van der Waals surface area (Å²) in [5.41, 5.74) is 2.36. The molecule has 1 unspecified atom stereocenters. The minimum Gasteiger partial charge on any atom is -0.497 e. The van der Waals surface area contributed by atoms with Crippen LogP contribution in [0.15, 0.2) is 51.9 Å². The molecule has 11 heteroatoms. The van der Waals surface area contributed by atoms with Crippen molar-refractivity contribution >= 4 is 34.4 Å². The van der Waals surface area contributed by atoms with Gasteiger partial charge in [-0.15, -0.1) is 0 Å². The lowest BCUT2D eigenvalue weighted by Gasteiger charge is -2.22. The van der Waals surface area contributed by atoms with E-state index in [2.05, 4.69) is 20.9 Å². The number of guanidine groups is 1. The molecule has 1 atom stereocenters. The average molecular weight is 547 g/mol. The van der Waals surface area contributed by atoms with Gasteiger partial charge in [0.05, 0.1) is 20.8 Å². The van der Waals surface area contributed by atoms with Gasteiger partial charge in [0, 0.05) is 24.2 Å². The highest BCUT2D eigenvalue weighted by Crippen LogP contribution is 2.25. The van der Waals surface area contributed by atoms with Crippen LogP contribution in [0, 0.1) is 18.4 Å². The lowest BCUT2D eigenvalue weighted by Crippen LogP contribution is -2.44. The Kier molecular flexibility index (Phi) is 9.46. The monoisotopic (exact) mass is 546 g/mol. The fourth-order valence-corrected chi connectivity index (χ4v) is 4.70. The van der Waals surface area contributed by atoms with Crippen molar-refractivity contribution in [2.75, 3.05) is 39.2 Å². The number of methoxy groups -OCH3 is 2. The number of carbonyl (C=O) groups is 2. The van der Waals surface area contributed by atoms with E-state index < -0.39 is 6.04 Å². The lowest BCUT2D eigenvalue weighted by atomic mass is 10.1. The first kappa shape index (κ1) is 28.3. The highest BCUT2D eigenvalue weighted by atomic mass is 16.5. The van der Waals surface area contributed by atoms with Gasteiger partial charge in [-0.05, 0) is 80.6 Å². The molecule has 1 fully saturated rings. The van der Waals surface area contributed by atoms with E-state index in [1.807, 2.05) is 55.6 Å². The van der Waals surface area contributed by atoms with Crippen molar-refractivity contribution in [3.63, 3.8) is 0 Å². The van der Waals surface area contributed by atoms with Gasteiger partial charge in [0.1, 0.15) is 28.9 Å². The SMILES string of the molecule is COc1ccc(OC)c(CCNC(=O)CN2CCCCC(N=C(NC#N)Nc3ccc4oc(C)cc4c3)C2=O)c1. The quantitative estimate of drug-likeness (QED) is 0.161. The van der Waals surface area contributed by atoms with Gasteiger partial charge in [0.25, 0.3) is 0 Å². The molecule has 2 heterocycles. The molecule has 1 aliphatic rings. The summed E-state index contributed by atoms with van der Waals surface area (Å²) in [6.45, 7) is 2.66. The van der Waals surface area contributed by atoms with Crippen LogP contribution in [0.1, 0.15) is 30.6 Å². The van der Waals surface area contributed by atoms with E-state index >= 15 is 0 Å². The Balaban J connectivity index is 1.38. The minimum absolute atomic E-state index is 0.0644. The van der Waals surface area contributed by atoms with Gasteiger partial charge in [-0.3, -0.25) is 14.9 Å². The molecule has 2 amide bonds. The van der Waals surface area contributed by atoms with Gasteiger partial charge < -0.3 is 29.4 Å². The lowest BCUT2D eigenvalue weighted by molar-refractivity contribution is -0.136. The summed E-state index contributed by atoms with van der Waals surface area (Å²) in [6.07, 6.45) is 4.48. The van der Waals surface area contributed by atoms with Crippen LogP contribution in [0.4, 0.5) is 5.69 Å². The summed E-state index contributed by atoms with van der Waals surface area (Å²) in [5.74, 6) is 1.89. The maximum atomic E-state index is 13.4. The van der Waals surface area contributed by atoms with Crippen LogP contribution in [0.3, 0.4) is 0 Å². The zero-order valence-electron chi connectivity index (χ0n) is 23.0. The van der Waals surface area contributed by atoms with E-state index in [4.69, 9.17) is 13.9 Å². The van der Waals surface area contributed by atoms with E-state index in [-0.39, 0.29) is 24.3 Å². The molecule has 1 aromatic heterocycles. The molecule has 210 valence electrons. The van der Waals surface area contributed by atoms with Gasteiger partial charge in [-0.1, -0.05) is 0 Å². The van der Waals surface area contributed by atoms with E-state index in [1.54, 1.807) is 14.2 Å². The number of benzene rings is 2. The standard InChI is InChI=1S/C29H34N6O5/c1-19-14-21-15-22(7-9-26(21)40-19)33-29(32-18-30)34-24-6-4-5-13-35(28(24)37)17-27(36)31-12-11-20-16-23(38-2)8-10-25(20)39-3/h7-10,14-16,24H,4-6,11-13,17H2,1-3H3,(H,31,36)(H2,32,33,34). The maximum Gasteiger partial charge on any atom is 0.247 e. The second-order valence-corrected chi connectivity index (χ2v) is 9.50. The number of aryl methyl sites for hydroxylation is 1. The van der Waals surface area contributed by atoms with Crippen LogP contribution in [0.2, 0.25) is 0 Å². The Morgan fingerprint density at radius 1 is 1.18 bits per heavy atom. The molecule has 1 aliphatic heterocycles. The first-order chi connectivity index (χ1) is 19.4. The third kappa shape index (κ3) is 7.22. The van der Waals surface area contributed by atoms with Gasteiger partial charge in [0.2, 0.25) is 17.8 Å². The number of fused-ring (bicyclic) bond motifs is 1. The van der Waals surface area contributed by atoms with Gasteiger partial charge in [-0.25, -0.2) is 4.99 Å². The second-order valence-electron chi connectivity index (χ2n) is 9.50. The number of rotatable bonds is 9. The van der Waals surface area contributed by atoms with Crippen LogP contribution in [-0.2, 0) is 16.0 Å². The fourth-order valence-electron chi connectivity index (χ4n) is 4.70. The number of anilines is 1. The third-order valence-electron chi connectivity index (χ3n) is 6.65. The van der Waals surface area contributed by atoms with Crippen molar-refractivity contribution in [3.05, 3.63) is 53.8 Å². The smallest absolute Gasteiger partial charge is 0.247 e. The van der Waals surface area contributed by atoms with Crippen molar-refractivity contribution in [3.8, 4) is 17.7 Å². The van der Waals surface area contributed by atoms with Crippen molar-refractivity contribution in [1.29, 1.82) is 5.26 Å². The average Bonchev–Trinajstić information content (AvgIpc) is 3.24. The Morgan fingerprint density at radius 3 is 2.80 bits per heavy atom. The van der Waals surface area contributed by atoms with Crippen molar-refractivity contribution in [2.45, 2.75) is 38.6 Å². The van der Waals surface area contributed by atoms with E-state index in [1.165, 1.54) is 4.90 Å². The number of nitrogens with one attached hydrogen (secondary N) is 3. The minimum atomic E-state index is -0.723. The zero-order chi connectivity index (χ0) is 28.5. The highest BCUT2D eigenvalue weighted by molar-refractivity contribution is 5.98. The molecule has 0 spiro atoms. The van der Waals surface area contributed by atoms with Crippen LogP contribution in [0.25, 0.3) is 11.0 Å². The Bertz CT molecular complexity index is 1430. The van der Waals surface area contributed by atoms with E-state index in [0.717, 1.165) is 35.1 Å². The van der Waals surface area contributed by atoms with Crippen LogP contribution in [-0.4, -0.2) is 62.6 Å². The summed E-state index contributed by atoms with van der Waals surface area (Å²) in [4.78, 5) is 32.2. The normalized spacial score (nSPS) is 15.8. The molecular weight excluding hydrogens is 512 g/mol. The molecule has 3 aromatic rings. The van der Waals surface area contributed by atoms with Gasteiger partial charge in [0.15, 0.2) is 6.19 Å². The molecule has 3 N–H and O–H groups in total. The summed E-state index contributed by atoms with van der Waals surface area (Å²) < 4.78 is 16.3. The molecular formula is C29H34N6O5. The van der Waals surface area contributed by atoms with Crippen molar-refractivity contribution < 1.29 is 23.5 Å². The van der Waals surface area contributed by atoms with E-state index in [9.17, 15) is 14.9 Å². The van der Waals surface area contributed by atoms with Crippen LogP contribution < -0.4 is 25.4 Å². The second kappa shape index (κ2) is 13.4. The molecule has 0 aliphatic carbocycles. The molecule has 0 bridgehead atoms. The topological polar surface area (TPSA) is 141 Å². The van der Waals surface area contributed by atoms with Crippen molar-refractivity contribution in [2.24, 2.45) is 4.99 Å². The first-order valence-corrected chi connectivity index (χ1v) is 13.2. The fraction of sp³-hybridized carbons (Fsp3) is 0.379. The molecule has 2 aromatic carbocycles. The number of hydrogen-bond donors (Lipinski definition) is 3. The Labute approximate surface area is 233 Å². The maximum absolute atomic E-state index is 13.4. The molecule has 4 rings (SSSR count). The number of furan rings is 1. The summed E-state index contributed by atoms with van der Waals surface area (Å²) >= 11 is 0. The first-order valence-electron chi connectivity index (χ1n) is 13.2. The van der Waals surface area contributed by atoms with Crippen LogP contribution >= 0.6 is 0 Å². The molecule has 1 saturated heterocycles. The number of hydrogen-bond acceptors (Lipinski definition) is 7. The predicted molar refractivity (Wildman–Crippen MR) is 151 cm³/mol. The number of likely N-dealkylation sites (tertiary alicyclic amines) is 1. The Hall–Kier alpha value is -4.72. The van der Waals surface area contributed by atoms with Gasteiger partial charge >= 0.3 is 0 Å². The number of carbonyl (C=O) groups excluding carboxylic acids is 2. The molecule has 0 radical (unpaired) electrons. The number of nitriles is 1. The number of ether oxygens (including phenoxy) is 2. The molecule has 0 saturated carbocycles. The van der Waals surface area contributed by atoms with Crippen molar-refractivity contribution in [1.82, 2.24) is 15.5 Å². The zero-order valence-corrected chi connectivity index (χ0v) is 23.0. The van der Waals surface area contributed by atoms with Gasteiger partial charge in [-0.2, -0.15) is 5.26 Å². The number of amides is 2. The molecule has 11 nitrogen and oxygen atoms in total.